The Hall–Kier alpha value is -1.89. The van der Waals surface area contributed by atoms with Gasteiger partial charge in [0.15, 0.2) is 0 Å². The number of thiophene rings is 1. The molecule has 1 fully saturated rings. The Morgan fingerprint density at radius 1 is 1.33 bits per heavy atom. The van der Waals surface area contributed by atoms with Crippen molar-refractivity contribution in [3.05, 3.63) is 32.3 Å². The molecule has 0 unspecified atom stereocenters. The highest BCUT2D eigenvalue weighted by Crippen LogP contribution is 2.28. The highest BCUT2D eigenvalue weighted by atomic mass is 32.1. The molecule has 1 saturated carbocycles. The van der Waals surface area contributed by atoms with E-state index in [2.05, 4.69) is 0 Å². The van der Waals surface area contributed by atoms with E-state index in [4.69, 9.17) is 5.11 Å². The molecule has 0 amide bonds. The summed E-state index contributed by atoms with van der Waals surface area (Å²) in [6, 6.07) is 1.66. The summed E-state index contributed by atoms with van der Waals surface area (Å²) < 4.78 is 3.31. The summed E-state index contributed by atoms with van der Waals surface area (Å²) in [6.45, 7) is 0.0917. The number of hydrogen-bond donors (Lipinski definition) is 1. The van der Waals surface area contributed by atoms with Crippen molar-refractivity contribution < 1.29 is 9.90 Å². The molecule has 0 spiro atoms. The van der Waals surface area contributed by atoms with E-state index in [1.54, 1.807) is 11.4 Å². The van der Waals surface area contributed by atoms with Crippen LogP contribution in [0.25, 0.3) is 10.2 Å². The van der Waals surface area contributed by atoms with Crippen molar-refractivity contribution >= 4 is 27.5 Å². The second-order valence-corrected chi connectivity index (χ2v) is 6.24. The minimum atomic E-state index is -0.955. The van der Waals surface area contributed by atoms with Gasteiger partial charge in [0.1, 0.15) is 4.70 Å². The maximum Gasteiger partial charge on any atom is 0.331 e. The van der Waals surface area contributed by atoms with Gasteiger partial charge in [-0.1, -0.05) is 12.8 Å². The van der Waals surface area contributed by atoms with Gasteiger partial charge >= 0.3 is 11.7 Å². The van der Waals surface area contributed by atoms with E-state index in [1.165, 1.54) is 20.5 Å². The monoisotopic (exact) mass is 308 g/mol. The van der Waals surface area contributed by atoms with Crippen LogP contribution in [0.4, 0.5) is 0 Å². The minimum Gasteiger partial charge on any atom is -0.481 e. The normalized spacial score (nSPS) is 15.8. The first-order valence-corrected chi connectivity index (χ1v) is 7.92. The lowest BCUT2D eigenvalue weighted by molar-refractivity contribution is -0.137. The lowest BCUT2D eigenvalue weighted by Gasteiger charge is -2.16. The third-order valence-electron chi connectivity index (χ3n) is 4.02. The average Bonchev–Trinajstić information content (AvgIpc) is 3.08. The number of hydrogen-bond acceptors (Lipinski definition) is 4. The molecule has 0 aliphatic heterocycles. The van der Waals surface area contributed by atoms with Gasteiger partial charge in [0.05, 0.1) is 11.9 Å². The van der Waals surface area contributed by atoms with Crippen LogP contribution in [0.1, 0.15) is 38.1 Å². The molecule has 0 radical (unpaired) electrons. The molecular weight excluding hydrogens is 292 g/mol. The van der Waals surface area contributed by atoms with Crippen LogP contribution in [0, 0.1) is 0 Å². The van der Waals surface area contributed by atoms with E-state index in [9.17, 15) is 14.4 Å². The van der Waals surface area contributed by atoms with Gasteiger partial charge in [-0.15, -0.1) is 11.3 Å². The number of carboxylic acids is 1. The highest BCUT2D eigenvalue weighted by Gasteiger charge is 2.23. The summed E-state index contributed by atoms with van der Waals surface area (Å²) >= 11 is 1.30. The van der Waals surface area contributed by atoms with Crippen LogP contribution in [-0.4, -0.2) is 20.2 Å². The van der Waals surface area contributed by atoms with Crippen LogP contribution in [0.3, 0.4) is 0 Å². The van der Waals surface area contributed by atoms with Gasteiger partial charge in [0.25, 0.3) is 5.56 Å². The molecule has 7 heteroatoms. The lowest BCUT2D eigenvalue weighted by atomic mass is 10.2. The molecule has 112 valence electrons. The van der Waals surface area contributed by atoms with Crippen molar-refractivity contribution in [1.82, 2.24) is 9.13 Å². The van der Waals surface area contributed by atoms with Gasteiger partial charge in [-0.05, 0) is 24.3 Å². The summed E-state index contributed by atoms with van der Waals surface area (Å²) in [6.07, 6.45) is 3.59. The van der Waals surface area contributed by atoms with Crippen molar-refractivity contribution in [2.24, 2.45) is 0 Å². The van der Waals surface area contributed by atoms with Crippen molar-refractivity contribution in [1.29, 1.82) is 0 Å². The van der Waals surface area contributed by atoms with Crippen molar-refractivity contribution in [2.75, 3.05) is 0 Å². The largest absolute Gasteiger partial charge is 0.481 e. The smallest absolute Gasteiger partial charge is 0.331 e. The Kier molecular flexibility index (Phi) is 3.67. The molecule has 2 aromatic rings. The van der Waals surface area contributed by atoms with Gasteiger partial charge in [0, 0.05) is 12.6 Å². The predicted molar refractivity (Wildman–Crippen MR) is 80.1 cm³/mol. The fourth-order valence-electron chi connectivity index (χ4n) is 3.01. The van der Waals surface area contributed by atoms with Crippen LogP contribution >= 0.6 is 11.3 Å². The Balaban J connectivity index is 2.20. The quantitative estimate of drug-likeness (QED) is 0.934. The molecule has 0 aromatic carbocycles. The summed E-state index contributed by atoms with van der Waals surface area (Å²) in [5.41, 5.74) is -0.0620. The van der Waals surface area contributed by atoms with Crippen LogP contribution in [0.15, 0.2) is 21.0 Å². The van der Waals surface area contributed by atoms with E-state index in [0.29, 0.717) is 10.2 Å². The Morgan fingerprint density at radius 3 is 2.71 bits per heavy atom. The first kappa shape index (κ1) is 14.1. The van der Waals surface area contributed by atoms with E-state index in [0.717, 1.165) is 25.7 Å². The predicted octanol–water partition coefficient (Wildman–Crippen LogP) is 1.81. The zero-order valence-electron chi connectivity index (χ0n) is 11.4. The molecule has 1 aliphatic carbocycles. The average molecular weight is 308 g/mol. The summed E-state index contributed by atoms with van der Waals surface area (Å²) in [4.78, 5) is 36.0. The molecule has 21 heavy (non-hydrogen) atoms. The Labute approximate surface area is 124 Å². The fourth-order valence-corrected chi connectivity index (χ4v) is 3.84. The zero-order chi connectivity index (χ0) is 15.0. The van der Waals surface area contributed by atoms with Crippen molar-refractivity contribution in [3.8, 4) is 0 Å². The second-order valence-electron chi connectivity index (χ2n) is 5.33. The molecule has 2 aromatic heterocycles. The topological polar surface area (TPSA) is 81.3 Å². The van der Waals surface area contributed by atoms with Gasteiger partial charge < -0.3 is 5.11 Å². The molecular formula is C14H16N2O4S. The summed E-state index contributed by atoms with van der Waals surface area (Å²) in [7, 11) is 0. The number of fused-ring (bicyclic) bond motifs is 1. The molecule has 2 heterocycles. The summed E-state index contributed by atoms with van der Waals surface area (Å²) in [5, 5.41) is 10.6. The molecule has 0 saturated heterocycles. The minimum absolute atomic E-state index is 0.0485. The van der Waals surface area contributed by atoms with Crippen LogP contribution in [0.5, 0.6) is 0 Å². The molecule has 0 atom stereocenters. The Morgan fingerprint density at radius 2 is 2.05 bits per heavy atom. The Bertz CT molecular complexity index is 795. The zero-order valence-corrected chi connectivity index (χ0v) is 12.3. The number of aryl methyl sites for hydroxylation is 1. The maximum absolute atomic E-state index is 12.6. The van der Waals surface area contributed by atoms with E-state index in [1.807, 2.05) is 0 Å². The van der Waals surface area contributed by atoms with Crippen LogP contribution < -0.4 is 11.2 Å². The SMILES string of the molecule is O=C(O)CCn1c(=O)n(C2CCCC2)c(=O)c2sccc21. The molecule has 1 N–H and O–H groups in total. The van der Waals surface area contributed by atoms with E-state index < -0.39 is 5.97 Å². The standard InChI is InChI=1S/C14H16N2O4S/c17-11(18)5-7-15-10-6-8-21-12(10)13(19)16(14(15)20)9-3-1-2-4-9/h6,8-9H,1-5,7H2,(H,17,18). The molecule has 1 aliphatic rings. The number of nitrogens with zero attached hydrogens (tertiary/aromatic N) is 2. The fraction of sp³-hybridized carbons (Fsp3) is 0.500. The van der Waals surface area contributed by atoms with Gasteiger partial charge in [0.2, 0.25) is 0 Å². The third-order valence-corrected chi connectivity index (χ3v) is 4.92. The van der Waals surface area contributed by atoms with Gasteiger partial charge in [-0.2, -0.15) is 0 Å². The second kappa shape index (κ2) is 5.48. The van der Waals surface area contributed by atoms with E-state index in [-0.39, 0.29) is 30.3 Å². The van der Waals surface area contributed by atoms with Crippen molar-refractivity contribution in [3.63, 3.8) is 0 Å². The molecule has 3 rings (SSSR count). The lowest BCUT2D eigenvalue weighted by Crippen LogP contribution is -2.41. The summed E-state index contributed by atoms with van der Waals surface area (Å²) in [5.74, 6) is -0.955. The maximum atomic E-state index is 12.6. The number of aliphatic carboxylic acids is 1. The molecule has 6 nitrogen and oxygen atoms in total. The number of carbonyl (C=O) groups is 1. The highest BCUT2D eigenvalue weighted by molar-refractivity contribution is 7.17. The van der Waals surface area contributed by atoms with Crippen LogP contribution in [-0.2, 0) is 11.3 Å². The van der Waals surface area contributed by atoms with E-state index >= 15 is 0 Å². The van der Waals surface area contributed by atoms with Crippen LogP contribution in [0.2, 0.25) is 0 Å². The number of aromatic nitrogens is 2. The number of carboxylic acid groups (broad SMARTS) is 1. The first-order valence-electron chi connectivity index (χ1n) is 7.04. The molecule has 0 bridgehead atoms. The van der Waals surface area contributed by atoms with Gasteiger partial charge in [-0.25, -0.2) is 4.79 Å². The van der Waals surface area contributed by atoms with Gasteiger partial charge in [-0.3, -0.25) is 18.7 Å². The third kappa shape index (κ3) is 2.42. The number of rotatable bonds is 4. The first-order chi connectivity index (χ1) is 10.1. The van der Waals surface area contributed by atoms with Crippen molar-refractivity contribution in [2.45, 2.75) is 44.7 Å².